The molecular formula is C13H23N5O2. The Morgan fingerprint density at radius 3 is 3.10 bits per heavy atom. The number of nitrogens with one attached hydrogen (secondary N) is 1. The van der Waals surface area contributed by atoms with Gasteiger partial charge in [-0.15, -0.1) is 10.2 Å². The summed E-state index contributed by atoms with van der Waals surface area (Å²) >= 11 is 0. The lowest BCUT2D eigenvalue weighted by Crippen LogP contribution is -2.42. The SMILES string of the molecule is COCCCC(N)C(=O)NC(C)c1nnc2n1CCC2. The molecule has 0 saturated carbocycles. The summed E-state index contributed by atoms with van der Waals surface area (Å²) in [6.45, 7) is 3.46. The molecule has 1 aromatic rings. The van der Waals surface area contributed by atoms with Crippen LogP contribution in [0.3, 0.4) is 0 Å². The first-order chi connectivity index (χ1) is 9.63. The number of ether oxygens (including phenoxy) is 1. The van der Waals surface area contributed by atoms with Crippen LogP contribution in [-0.2, 0) is 22.5 Å². The average Bonchev–Trinajstić information content (AvgIpc) is 3.00. The molecule has 2 atom stereocenters. The number of rotatable bonds is 7. The highest BCUT2D eigenvalue weighted by atomic mass is 16.5. The molecule has 0 saturated heterocycles. The standard InChI is InChI=1S/C13H23N5O2/c1-9(12-17-16-11-6-3-7-18(11)12)15-13(19)10(14)5-4-8-20-2/h9-10H,3-8,14H2,1-2H3,(H,15,19). The third-order valence-corrected chi connectivity index (χ3v) is 3.58. The first-order valence-corrected chi connectivity index (χ1v) is 7.10. The highest BCUT2D eigenvalue weighted by Crippen LogP contribution is 2.18. The fraction of sp³-hybridized carbons (Fsp3) is 0.769. The molecule has 7 nitrogen and oxygen atoms in total. The van der Waals surface area contributed by atoms with Gasteiger partial charge in [-0.05, 0) is 26.2 Å². The second kappa shape index (κ2) is 6.81. The van der Waals surface area contributed by atoms with Gasteiger partial charge in [0.2, 0.25) is 5.91 Å². The first-order valence-electron chi connectivity index (χ1n) is 7.10. The van der Waals surface area contributed by atoms with Crippen molar-refractivity contribution in [3.8, 4) is 0 Å². The van der Waals surface area contributed by atoms with Crippen LogP contribution in [0.15, 0.2) is 0 Å². The zero-order chi connectivity index (χ0) is 14.5. The van der Waals surface area contributed by atoms with Crippen LogP contribution >= 0.6 is 0 Å². The number of hydrogen-bond acceptors (Lipinski definition) is 5. The van der Waals surface area contributed by atoms with E-state index in [9.17, 15) is 4.79 Å². The van der Waals surface area contributed by atoms with Crippen molar-refractivity contribution in [1.82, 2.24) is 20.1 Å². The Kier molecular flexibility index (Phi) is 5.08. The van der Waals surface area contributed by atoms with Crippen LogP contribution < -0.4 is 11.1 Å². The van der Waals surface area contributed by atoms with Crippen molar-refractivity contribution in [2.24, 2.45) is 5.73 Å². The third-order valence-electron chi connectivity index (χ3n) is 3.58. The first kappa shape index (κ1) is 14.9. The van der Waals surface area contributed by atoms with Gasteiger partial charge >= 0.3 is 0 Å². The summed E-state index contributed by atoms with van der Waals surface area (Å²) in [4.78, 5) is 12.0. The van der Waals surface area contributed by atoms with Crippen LogP contribution in [0.1, 0.15) is 43.9 Å². The van der Waals surface area contributed by atoms with Crippen molar-refractivity contribution in [2.75, 3.05) is 13.7 Å². The number of hydrogen-bond donors (Lipinski definition) is 2. The largest absolute Gasteiger partial charge is 0.385 e. The van der Waals surface area contributed by atoms with Gasteiger partial charge in [0.25, 0.3) is 0 Å². The molecule has 2 rings (SSSR count). The van der Waals surface area contributed by atoms with Gasteiger partial charge in [0.05, 0.1) is 12.1 Å². The summed E-state index contributed by atoms with van der Waals surface area (Å²) < 4.78 is 7.04. The lowest BCUT2D eigenvalue weighted by molar-refractivity contribution is -0.123. The molecular weight excluding hydrogens is 258 g/mol. The Balaban J connectivity index is 1.87. The van der Waals surface area contributed by atoms with Crippen molar-refractivity contribution in [3.63, 3.8) is 0 Å². The minimum atomic E-state index is -0.506. The summed E-state index contributed by atoms with van der Waals surface area (Å²) in [7, 11) is 1.64. The second-order valence-electron chi connectivity index (χ2n) is 5.20. The fourth-order valence-corrected chi connectivity index (χ4v) is 2.46. The topological polar surface area (TPSA) is 95.1 Å². The quantitative estimate of drug-likeness (QED) is 0.694. The highest BCUT2D eigenvalue weighted by Gasteiger charge is 2.23. The number of methoxy groups -OCH3 is 1. The predicted octanol–water partition coefficient (Wildman–Crippen LogP) is 0.155. The molecule has 0 aliphatic carbocycles. The summed E-state index contributed by atoms with van der Waals surface area (Å²) in [6, 6.07) is -0.677. The van der Waals surface area contributed by atoms with Gasteiger partial charge < -0.3 is 20.4 Å². The van der Waals surface area contributed by atoms with Gasteiger partial charge in [-0.1, -0.05) is 0 Å². The highest BCUT2D eigenvalue weighted by molar-refractivity contribution is 5.81. The van der Waals surface area contributed by atoms with Gasteiger partial charge in [-0.2, -0.15) is 0 Å². The van der Waals surface area contributed by atoms with E-state index in [1.54, 1.807) is 7.11 Å². The molecule has 3 N–H and O–H groups in total. The summed E-state index contributed by atoms with van der Waals surface area (Å²) in [6.07, 6.45) is 3.45. The number of aromatic nitrogens is 3. The summed E-state index contributed by atoms with van der Waals surface area (Å²) in [5, 5.41) is 11.2. The lowest BCUT2D eigenvalue weighted by atomic mass is 10.1. The molecule has 2 unspecified atom stereocenters. The number of carbonyl (C=O) groups excluding carboxylic acids is 1. The average molecular weight is 281 g/mol. The van der Waals surface area contributed by atoms with E-state index in [-0.39, 0.29) is 11.9 Å². The smallest absolute Gasteiger partial charge is 0.237 e. The van der Waals surface area contributed by atoms with E-state index in [1.807, 2.05) is 6.92 Å². The fourth-order valence-electron chi connectivity index (χ4n) is 2.46. The molecule has 0 aromatic carbocycles. The van der Waals surface area contributed by atoms with Crippen LogP contribution in [0.2, 0.25) is 0 Å². The molecule has 2 heterocycles. The van der Waals surface area contributed by atoms with Crippen molar-refractivity contribution < 1.29 is 9.53 Å². The normalized spacial score (nSPS) is 16.8. The van der Waals surface area contributed by atoms with E-state index in [0.717, 1.165) is 37.5 Å². The van der Waals surface area contributed by atoms with Gasteiger partial charge in [-0.25, -0.2) is 0 Å². The van der Waals surface area contributed by atoms with Crippen LogP contribution in [-0.4, -0.2) is 40.4 Å². The number of aryl methyl sites for hydroxylation is 1. The Hall–Kier alpha value is -1.47. The summed E-state index contributed by atoms with van der Waals surface area (Å²) in [5.41, 5.74) is 5.86. The van der Waals surface area contributed by atoms with Crippen LogP contribution in [0.4, 0.5) is 0 Å². The van der Waals surface area contributed by atoms with Crippen LogP contribution in [0.25, 0.3) is 0 Å². The molecule has 1 aromatic heterocycles. The maximum atomic E-state index is 12.0. The Morgan fingerprint density at radius 2 is 2.35 bits per heavy atom. The van der Waals surface area contributed by atoms with E-state index in [2.05, 4.69) is 20.1 Å². The number of nitrogens with two attached hydrogens (primary N) is 1. The Labute approximate surface area is 118 Å². The maximum absolute atomic E-state index is 12.0. The molecule has 112 valence electrons. The van der Waals surface area contributed by atoms with Gasteiger partial charge in [0.15, 0.2) is 5.82 Å². The van der Waals surface area contributed by atoms with Gasteiger partial charge in [-0.3, -0.25) is 4.79 Å². The summed E-state index contributed by atoms with van der Waals surface area (Å²) in [5.74, 6) is 1.67. The molecule has 0 spiro atoms. The van der Waals surface area contributed by atoms with E-state index in [0.29, 0.717) is 13.0 Å². The minimum Gasteiger partial charge on any atom is -0.385 e. The lowest BCUT2D eigenvalue weighted by Gasteiger charge is -2.17. The second-order valence-corrected chi connectivity index (χ2v) is 5.20. The maximum Gasteiger partial charge on any atom is 0.237 e. The molecule has 7 heteroatoms. The predicted molar refractivity (Wildman–Crippen MR) is 74.0 cm³/mol. The monoisotopic (exact) mass is 281 g/mol. The Bertz CT molecular complexity index is 460. The van der Waals surface area contributed by atoms with Crippen LogP contribution in [0.5, 0.6) is 0 Å². The molecule has 1 aliphatic heterocycles. The van der Waals surface area contributed by atoms with Crippen molar-refractivity contribution >= 4 is 5.91 Å². The number of nitrogens with zero attached hydrogens (tertiary/aromatic N) is 3. The number of carbonyl (C=O) groups is 1. The van der Waals surface area contributed by atoms with Gasteiger partial charge in [0, 0.05) is 26.7 Å². The van der Waals surface area contributed by atoms with E-state index in [4.69, 9.17) is 10.5 Å². The van der Waals surface area contributed by atoms with E-state index >= 15 is 0 Å². The van der Waals surface area contributed by atoms with Crippen molar-refractivity contribution in [1.29, 1.82) is 0 Å². The zero-order valence-electron chi connectivity index (χ0n) is 12.1. The van der Waals surface area contributed by atoms with Crippen LogP contribution in [0, 0.1) is 0 Å². The molecule has 0 bridgehead atoms. The van der Waals surface area contributed by atoms with Crippen molar-refractivity contribution in [2.45, 2.75) is 51.2 Å². The molecule has 0 radical (unpaired) electrons. The molecule has 20 heavy (non-hydrogen) atoms. The molecule has 1 aliphatic rings. The molecule has 1 amide bonds. The minimum absolute atomic E-state index is 0.149. The zero-order valence-corrected chi connectivity index (χ0v) is 12.1. The van der Waals surface area contributed by atoms with Gasteiger partial charge in [0.1, 0.15) is 5.82 Å². The Morgan fingerprint density at radius 1 is 1.55 bits per heavy atom. The van der Waals surface area contributed by atoms with E-state index in [1.165, 1.54) is 0 Å². The number of fused-ring (bicyclic) bond motifs is 1. The molecule has 0 fully saturated rings. The van der Waals surface area contributed by atoms with Crippen molar-refractivity contribution in [3.05, 3.63) is 11.6 Å². The van der Waals surface area contributed by atoms with E-state index < -0.39 is 6.04 Å². The number of amides is 1. The third kappa shape index (κ3) is 3.34.